The molecule has 28 heavy (non-hydrogen) atoms. The molecule has 1 saturated heterocycles. The standard InChI is InChI=1S/C20H30N4O4/c1-22-10-8-16-17(9-11-22)28-19(21-16)24-13-12-23(20(24)27)15-5-2-14(3-6-15)4-7-18(25)26/h14-15H,2-13H2,1H3,(H,25,26). The predicted molar refractivity (Wildman–Crippen MR) is 103 cm³/mol. The number of aromatic nitrogens is 1. The summed E-state index contributed by atoms with van der Waals surface area (Å²) < 4.78 is 5.98. The van der Waals surface area contributed by atoms with E-state index in [2.05, 4.69) is 16.9 Å². The lowest BCUT2D eigenvalue weighted by atomic mass is 9.83. The molecule has 2 aliphatic heterocycles. The molecular weight excluding hydrogens is 360 g/mol. The number of anilines is 1. The second kappa shape index (κ2) is 8.11. The van der Waals surface area contributed by atoms with Crippen molar-refractivity contribution in [2.24, 2.45) is 5.92 Å². The number of aliphatic carboxylic acids is 1. The molecular formula is C20H30N4O4. The Morgan fingerprint density at radius 2 is 1.89 bits per heavy atom. The van der Waals surface area contributed by atoms with Gasteiger partial charge in [-0.25, -0.2) is 9.69 Å². The van der Waals surface area contributed by atoms with Gasteiger partial charge in [-0.2, -0.15) is 4.98 Å². The Balaban J connectivity index is 1.35. The van der Waals surface area contributed by atoms with Gasteiger partial charge in [0.2, 0.25) is 0 Å². The first kappa shape index (κ1) is 19.2. The molecule has 2 amide bonds. The summed E-state index contributed by atoms with van der Waals surface area (Å²) in [4.78, 5) is 34.3. The normalized spacial score (nSPS) is 26.4. The summed E-state index contributed by atoms with van der Waals surface area (Å²) in [5.74, 6) is 0.676. The number of carbonyl (C=O) groups excluding carboxylic acids is 1. The van der Waals surface area contributed by atoms with Crippen LogP contribution in [-0.2, 0) is 17.6 Å². The Labute approximate surface area is 165 Å². The fraction of sp³-hybridized carbons (Fsp3) is 0.750. The third kappa shape index (κ3) is 4.01. The first-order valence-corrected chi connectivity index (χ1v) is 10.5. The van der Waals surface area contributed by atoms with Gasteiger partial charge in [0.15, 0.2) is 0 Å². The molecule has 1 N–H and O–H groups in total. The zero-order chi connectivity index (χ0) is 19.7. The van der Waals surface area contributed by atoms with E-state index in [0.29, 0.717) is 25.0 Å². The van der Waals surface area contributed by atoms with Crippen LogP contribution in [0.3, 0.4) is 0 Å². The van der Waals surface area contributed by atoms with Crippen molar-refractivity contribution in [3.8, 4) is 0 Å². The Bertz CT molecular complexity index is 700. The largest absolute Gasteiger partial charge is 0.481 e. The van der Waals surface area contributed by atoms with Crippen LogP contribution in [0.5, 0.6) is 0 Å². The molecule has 1 aromatic heterocycles. The number of fused-ring (bicyclic) bond motifs is 1. The Morgan fingerprint density at radius 1 is 1.14 bits per heavy atom. The molecule has 0 aromatic carbocycles. The summed E-state index contributed by atoms with van der Waals surface area (Å²) in [6.45, 7) is 3.24. The second-order valence-corrected chi connectivity index (χ2v) is 8.40. The van der Waals surface area contributed by atoms with Crippen molar-refractivity contribution in [2.75, 3.05) is 38.1 Å². The van der Waals surface area contributed by atoms with E-state index in [-0.39, 0.29) is 18.5 Å². The first-order valence-electron chi connectivity index (χ1n) is 10.5. The van der Waals surface area contributed by atoms with Gasteiger partial charge in [0, 0.05) is 51.5 Å². The fourth-order valence-corrected chi connectivity index (χ4v) is 4.72. The van der Waals surface area contributed by atoms with Crippen LogP contribution in [0.1, 0.15) is 50.0 Å². The van der Waals surface area contributed by atoms with Gasteiger partial charge in [-0.3, -0.25) is 4.79 Å². The van der Waals surface area contributed by atoms with E-state index >= 15 is 0 Å². The van der Waals surface area contributed by atoms with Gasteiger partial charge in [0.1, 0.15) is 5.76 Å². The van der Waals surface area contributed by atoms with Gasteiger partial charge in [-0.1, -0.05) is 0 Å². The molecule has 4 rings (SSSR count). The summed E-state index contributed by atoms with van der Waals surface area (Å²) >= 11 is 0. The van der Waals surface area contributed by atoms with Gasteiger partial charge in [-0.05, 0) is 45.1 Å². The zero-order valence-electron chi connectivity index (χ0n) is 16.6. The molecule has 1 aliphatic carbocycles. The van der Waals surface area contributed by atoms with E-state index in [4.69, 9.17) is 9.52 Å². The maximum absolute atomic E-state index is 13.0. The Morgan fingerprint density at radius 3 is 2.64 bits per heavy atom. The molecule has 0 unspecified atom stereocenters. The highest BCUT2D eigenvalue weighted by molar-refractivity contribution is 5.92. The van der Waals surface area contributed by atoms with E-state index in [9.17, 15) is 9.59 Å². The maximum Gasteiger partial charge on any atom is 0.328 e. The number of amides is 2. The van der Waals surface area contributed by atoms with E-state index in [1.54, 1.807) is 4.90 Å². The lowest BCUT2D eigenvalue weighted by Crippen LogP contribution is -2.41. The van der Waals surface area contributed by atoms with Crippen molar-refractivity contribution in [1.82, 2.24) is 14.8 Å². The average Bonchev–Trinajstić information content (AvgIpc) is 3.22. The third-order valence-electron chi connectivity index (χ3n) is 6.51. The minimum absolute atomic E-state index is 0.00233. The number of carboxylic acids is 1. The molecule has 0 radical (unpaired) electrons. The smallest absolute Gasteiger partial charge is 0.328 e. The van der Waals surface area contributed by atoms with Crippen LogP contribution in [0.4, 0.5) is 10.8 Å². The molecule has 2 fully saturated rings. The van der Waals surface area contributed by atoms with Crippen LogP contribution in [0.15, 0.2) is 4.42 Å². The van der Waals surface area contributed by atoms with Crippen LogP contribution in [0.25, 0.3) is 0 Å². The second-order valence-electron chi connectivity index (χ2n) is 8.40. The van der Waals surface area contributed by atoms with E-state index in [1.165, 1.54) is 0 Å². The highest BCUT2D eigenvalue weighted by Gasteiger charge is 2.38. The number of nitrogens with zero attached hydrogens (tertiary/aromatic N) is 4. The van der Waals surface area contributed by atoms with Crippen molar-refractivity contribution in [3.05, 3.63) is 11.5 Å². The van der Waals surface area contributed by atoms with Gasteiger partial charge in [0.05, 0.1) is 5.69 Å². The van der Waals surface area contributed by atoms with Crippen LogP contribution in [-0.4, -0.2) is 71.2 Å². The topological polar surface area (TPSA) is 90.1 Å². The monoisotopic (exact) mass is 390 g/mol. The summed E-state index contributed by atoms with van der Waals surface area (Å²) in [5.41, 5.74) is 0.990. The predicted octanol–water partition coefficient (Wildman–Crippen LogP) is 2.37. The number of likely N-dealkylation sites (N-methyl/N-ethyl adjacent to an activating group) is 1. The van der Waals surface area contributed by atoms with Crippen LogP contribution >= 0.6 is 0 Å². The van der Waals surface area contributed by atoms with Crippen LogP contribution < -0.4 is 4.90 Å². The summed E-state index contributed by atoms with van der Waals surface area (Å²) in [6, 6.07) is 0.708. The minimum Gasteiger partial charge on any atom is -0.481 e. The van der Waals surface area contributed by atoms with Crippen LogP contribution in [0, 0.1) is 5.92 Å². The highest BCUT2D eigenvalue weighted by atomic mass is 16.4. The third-order valence-corrected chi connectivity index (χ3v) is 6.51. The number of urea groups is 1. The number of oxazole rings is 1. The minimum atomic E-state index is -0.719. The number of hydrogen-bond acceptors (Lipinski definition) is 5. The number of hydrogen-bond donors (Lipinski definition) is 1. The lowest BCUT2D eigenvalue weighted by Gasteiger charge is -2.34. The number of rotatable bonds is 5. The van der Waals surface area contributed by atoms with E-state index in [1.807, 2.05) is 4.90 Å². The summed E-state index contributed by atoms with van der Waals surface area (Å²) in [7, 11) is 2.10. The summed E-state index contributed by atoms with van der Waals surface area (Å²) in [6.07, 6.45) is 6.61. The molecule has 3 aliphatic rings. The van der Waals surface area contributed by atoms with E-state index < -0.39 is 5.97 Å². The van der Waals surface area contributed by atoms with E-state index in [0.717, 1.165) is 69.5 Å². The van der Waals surface area contributed by atoms with Crippen LogP contribution in [0.2, 0.25) is 0 Å². The molecule has 3 heterocycles. The van der Waals surface area contributed by atoms with Gasteiger partial charge in [-0.15, -0.1) is 0 Å². The molecule has 1 aromatic rings. The van der Waals surface area contributed by atoms with Gasteiger partial charge in [0.25, 0.3) is 0 Å². The molecule has 8 heteroatoms. The highest BCUT2D eigenvalue weighted by Crippen LogP contribution is 2.33. The van der Waals surface area contributed by atoms with Gasteiger partial charge >= 0.3 is 18.0 Å². The molecule has 8 nitrogen and oxygen atoms in total. The Hall–Kier alpha value is -2.09. The van der Waals surface area contributed by atoms with Crippen molar-refractivity contribution >= 4 is 18.0 Å². The molecule has 154 valence electrons. The first-order chi connectivity index (χ1) is 13.5. The van der Waals surface area contributed by atoms with Gasteiger partial charge < -0.3 is 19.3 Å². The number of carboxylic acid groups (broad SMARTS) is 1. The fourth-order valence-electron chi connectivity index (χ4n) is 4.72. The van der Waals surface area contributed by atoms with Crippen molar-refractivity contribution in [1.29, 1.82) is 0 Å². The molecule has 0 spiro atoms. The SMILES string of the molecule is CN1CCc2nc(N3CCN(C4CCC(CCC(=O)O)CC4)C3=O)oc2CC1. The lowest BCUT2D eigenvalue weighted by molar-refractivity contribution is -0.137. The number of carbonyl (C=O) groups is 2. The summed E-state index contributed by atoms with van der Waals surface area (Å²) in [5, 5.41) is 8.85. The molecule has 1 saturated carbocycles. The zero-order valence-corrected chi connectivity index (χ0v) is 16.6. The molecule has 0 atom stereocenters. The van der Waals surface area contributed by atoms with Crippen molar-refractivity contribution < 1.29 is 19.1 Å². The van der Waals surface area contributed by atoms with Crippen molar-refractivity contribution in [2.45, 2.75) is 57.4 Å². The quantitative estimate of drug-likeness (QED) is 0.830. The van der Waals surface area contributed by atoms with Crippen molar-refractivity contribution in [3.63, 3.8) is 0 Å². The average molecular weight is 390 g/mol. The molecule has 0 bridgehead atoms. The maximum atomic E-state index is 13.0. The Kier molecular flexibility index (Phi) is 5.57.